The molecule has 4 saturated heterocycles. The number of para-hydroxylation sites is 2. The summed E-state index contributed by atoms with van der Waals surface area (Å²) in [5, 5.41) is 0. The molecule has 4 bridgehead atoms. The van der Waals surface area contributed by atoms with E-state index in [-0.39, 0.29) is 58.2 Å². The number of nitrogens with zero attached hydrogens (tertiary/aromatic N) is 2. The second-order valence-electron chi connectivity index (χ2n) is 16.8. The molecule has 0 aromatic heterocycles. The predicted molar refractivity (Wildman–Crippen MR) is 183 cm³/mol. The average Bonchev–Trinajstić information content (AvgIpc) is 3.90. The lowest BCUT2D eigenvalue weighted by Crippen LogP contribution is -2.59. The van der Waals surface area contributed by atoms with E-state index < -0.39 is 0 Å². The number of ketones is 2. The Morgan fingerprint density at radius 2 is 0.979 bits per heavy atom. The van der Waals surface area contributed by atoms with Crippen LogP contribution in [-0.2, 0) is 32.2 Å². The van der Waals surface area contributed by atoms with Gasteiger partial charge in [-0.1, -0.05) is 86.3 Å². The molecule has 48 heavy (non-hydrogen) atoms. The number of Topliss-reactive ketones (excluding diaryl/α,β-unsaturated/α-hetero) is 2. The van der Waals surface area contributed by atoms with Gasteiger partial charge in [0.05, 0.1) is 34.1 Å². The van der Waals surface area contributed by atoms with Crippen LogP contribution in [0.15, 0.2) is 72.8 Å². The van der Waals surface area contributed by atoms with Crippen LogP contribution in [0.4, 0.5) is 11.4 Å². The molecule has 2 saturated carbocycles. The number of fused-ring (bicyclic) bond motifs is 10. The minimum atomic E-state index is -0.379. The molecule has 2 spiro atoms. The van der Waals surface area contributed by atoms with Crippen LogP contribution in [0.2, 0.25) is 0 Å². The van der Waals surface area contributed by atoms with Gasteiger partial charge in [0.1, 0.15) is 12.2 Å². The molecule has 10 atom stereocenters. The first-order valence-corrected chi connectivity index (χ1v) is 18.5. The molecule has 246 valence electrons. The molecule has 8 aliphatic rings. The molecular formula is C42H44N2O4. The molecule has 6 fully saturated rings. The highest BCUT2D eigenvalue weighted by Gasteiger charge is 2.78. The molecule has 2 aliphatic carbocycles. The van der Waals surface area contributed by atoms with Gasteiger partial charge < -0.3 is 19.3 Å². The Morgan fingerprint density at radius 3 is 1.42 bits per heavy atom. The number of benzene rings is 3. The summed E-state index contributed by atoms with van der Waals surface area (Å²) in [6.45, 7) is 5.89. The van der Waals surface area contributed by atoms with Gasteiger partial charge in [-0.3, -0.25) is 9.59 Å². The number of hydrogen-bond acceptors (Lipinski definition) is 6. The predicted octanol–water partition coefficient (Wildman–Crippen LogP) is 7.23. The second-order valence-corrected chi connectivity index (χ2v) is 16.8. The average molecular weight is 641 g/mol. The third kappa shape index (κ3) is 3.07. The van der Waals surface area contributed by atoms with Gasteiger partial charge in [0.15, 0.2) is 11.6 Å². The minimum absolute atomic E-state index is 0.0546. The van der Waals surface area contributed by atoms with Crippen molar-refractivity contribution in [3.05, 3.63) is 95.1 Å². The molecule has 0 radical (unpaired) electrons. The number of ether oxygens (including phenoxy) is 2. The molecule has 11 rings (SSSR count). The highest BCUT2D eigenvalue weighted by atomic mass is 16.5. The van der Waals surface area contributed by atoms with E-state index >= 15 is 0 Å². The summed E-state index contributed by atoms with van der Waals surface area (Å²) in [6.07, 6.45) is 7.62. The Bertz CT molecular complexity index is 1770. The topological polar surface area (TPSA) is 59.1 Å². The van der Waals surface area contributed by atoms with Crippen LogP contribution < -0.4 is 9.80 Å². The summed E-state index contributed by atoms with van der Waals surface area (Å²) in [4.78, 5) is 32.9. The normalized spacial score (nSPS) is 42.5. The van der Waals surface area contributed by atoms with Gasteiger partial charge in [-0.2, -0.15) is 0 Å². The lowest BCUT2D eigenvalue weighted by atomic mass is 9.53. The summed E-state index contributed by atoms with van der Waals surface area (Å²) in [6, 6.07) is 26.8. The van der Waals surface area contributed by atoms with Crippen molar-refractivity contribution in [2.45, 2.75) is 126 Å². The molecule has 6 heteroatoms. The van der Waals surface area contributed by atoms with Crippen molar-refractivity contribution in [2.24, 2.45) is 10.8 Å². The Morgan fingerprint density at radius 1 is 0.583 bits per heavy atom. The number of carbonyl (C=O) groups excluding carboxylic acids is 2. The first kappa shape index (κ1) is 28.4. The Kier molecular flexibility index (Phi) is 5.43. The van der Waals surface area contributed by atoms with Crippen molar-refractivity contribution < 1.29 is 19.1 Å². The molecule has 0 unspecified atom stereocenters. The van der Waals surface area contributed by atoms with Crippen molar-refractivity contribution in [1.82, 2.24) is 0 Å². The molecule has 3 aromatic carbocycles. The van der Waals surface area contributed by atoms with Gasteiger partial charge in [-0.15, -0.1) is 0 Å². The van der Waals surface area contributed by atoms with E-state index in [9.17, 15) is 9.59 Å². The number of anilines is 2. The van der Waals surface area contributed by atoms with Gasteiger partial charge in [0.2, 0.25) is 0 Å². The molecule has 0 N–H and O–H groups in total. The van der Waals surface area contributed by atoms with E-state index in [4.69, 9.17) is 9.47 Å². The molecule has 6 heterocycles. The van der Waals surface area contributed by atoms with Crippen LogP contribution in [0, 0.1) is 10.8 Å². The van der Waals surface area contributed by atoms with Gasteiger partial charge >= 0.3 is 0 Å². The Balaban J connectivity index is 0.894. The first-order valence-electron chi connectivity index (χ1n) is 18.5. The highest BCUT2D eigenvalue weighted by Crippen LogP contribution is 2.71. The lowest BCUT2D eigenvalue weighted by Gasteiger charge is -2.49. The maximum absolute atomic E-state index is 14.0. The van der Waals surface area contributed by atoms with E-state index in [0.29, 0.717) is 11.6 Å². The van der Waals surface area contributed by atoms with E-state index in [1.165, 1.54) is 33.6 Å². The zero-order valence-corrected chi connectivity index (χ0v) is 28.0. The van der Waals surface area contributed by atoms with Crippen LogP contribution in [0.3, 0.4) is 0 Å². The van der Waals surface area contributed by atoms with Crippen LogP contribution in [0.25, 0.3) is 0 Å². The van der Waals surface area contributed by atoms with Crippen molar-refractivity contribution >= 4 is 22.9 Å². The first-order chi connectivity index (χ1) is 23.3. The van der Waals surface area contributed by atoms with E-state index in [2.05, 4.69) is 96.4 Å². The molecule has 6 aliphatic heterocycles. The van der Waals surface area contributed by atoms with Gasteiger partial charge in [-0.25, -0.2) is 0 Å². The van der Waals surface area contributed by atoms with Gasteiger partial charge in [0, 0.05) is 36.3 Å². The van der Waals surface area contributed by atoms with E-state index in [1.54, 1.807) is 0 Å². The lowest BCUT2D eigenvalue weighted by molar-refractivity contribution is -0.134. The van der Waals surface area contributed by atoms with E-state index in [1.807, 2.05) is 0 Å². The third-order valence-corrected chi connectivity index (χ3v) is 15.0. The summed E-state index contributed by atoms with van der Waals surface area (Å²) in [7, 11) is 0. The van der Waals surface area contributed by atoms with Gasteiger partial charge in [0.25, 0.3) is 0 Å². The highest BCUT2D eigenvalue weighted by molar-refractivity contribution is 5.97. The standard InChI is InChI=1S/C42H44N2O4/c1-39-19-7-9-21-41(39)31-27-11-3-5-13-29(27)43(33(31)35(47-41)37(39)45)23-25-15-17-26(18-16-25)24-44-30-14-6-4-12-28(30)32-34(44)36-38(46)40(2)20-8-10-22-42(32,40)48-36/h3-6,11-18,31-36H,7-10,19-24H2,1-2H3/t31-,32-,33+,34+,35+,36+,39+,40+,41-,42-/m1/s1. The Hall–Kier alpha value is -3.48. The smallest absolute Gasteiger partial charge is 0.172 e. The van der Waals surface area contributed by atoms with Crippen LogP contribution in [0.5, 0.6) is 0 Å². The monoisotopic (exact) mass is 640 g/mol. The fraction of sp³-hybridized carbons (Fsp3) is 0.524. The minimum Gasteiger partial charge on any atom is -0.360 e. The third-order valence-electron chi connectivity index (χ3n) is 15.0. The van der Waals surface area contributed by atoms with Crippen molar-refractivity contribution in [2.75, 3.05) is 9.80 Å². The summed E-state index contributed by atoms with van der Waals surface area (Å²) in [5.41, 5.74) is 6.22. The maximum Gasteiger partial charge on any atom is 0.172 e. The zero-order chi connectivity index (χ0) is 32.2. The van der Waals surface area contributed by atoms with E-state index in [0.717, 1.165) is 64.5 Å². The van der Waals surface area contributed by atoms with Crippen molar-refractivity contribution in [3.63, 3.8) is 0 Å². The van der Waals surface area contributed by atoms with Crippen LogP contribution in [0.1, 0.15) is 99.3 Å². The van der Waals surface area contributed by atoms with Crippen molar-refractivity contribution in [3.8, 4) is 0 Å². The molecule has 3 aromatic rings. The van der Waals surface area contributed by atoms with Crippen molar-refractivity contribution in [1.29, 1.82) is 0 Å². The quantitative estimate of drug-likeness (QED) is 0.300. The van der Waals surface area contributed by atoms with Crippen LogP contribution >= 0.6 is 0 Å². The summed E-state index contributed by atoms with van der Waals surface area (Å²) < 4.78 is 13.7. The summed E-state index contributed by atoms with van der Waals surface area (Å²) in [5.74, 6) is 1.14. The molecule has 6 nitrogen and oxygen atoms in total. The summed E-state index contributed by atoms with van der Waals surface area (Å²) >= 11 is 0. The van der Waals surface area contributed by atoms with Gasteiger partial charge in [-0.05, 0) is 73.9 Å². The SMILES string of the molecule is C[C@@]12CCCC[C@]13O[C@H](C2=O)[C@@H]1[C@H]3c2ccccc2N1Cc1ccc(CN2c3ccccc3[C@@H]3[C@H]2[C@@H]2O[C@]34CCCC[C@@]4(C)C2=O)cc1. The number of rotatable bonds is 4. The second kappa shape index (κ2) is 9.19. The molecule has 0 amide bonds. The largest absolute Gasteiger partial charge is 0.360 e. The fourth-order valence-electron chi connectivity index (χ4n) is 12.9. The zero-order valence-electron chi connectivity index (χ0n) is 28.0. The fourth-order valence-corrected chi connectivity index (χ4v) is 12.9. The molecular weight excluding hydrogens is 596 g/mol. The Labute approximate surface area is 282 Å². The maximum atomic E-state index is 14.0. The van der Waals surface area contributed by atoms with Crippen LogP contribution in [-0.4, -0.2) is 47.1 Å². The number of hydrogen-bond donors (Lipinski definition) is 0. The number of carbonyl (C=O) groups is 2.